The zero-order chi connectivity index (χ0) is 10.7. The Balaban J connectivity index is 2.01. The second kappa shape index (κ2) is 4.77. The van der Waals surface area contributed by atoms with Crippen molar-refractivity contribution in [1.29, 1.82) is 0 Å². The van der Waals surface area contributed by atoms with E-state index in [1.807, 2.05) is 0 Å². The average Bonchev–Trinajstić information content (AvgIpc) is 2.22. The Morgan fingerprint density at radius 3 is 2.87 bits per heavy atom. The van der Waals surface area contributed by atoms with E-state index >= 15 is 0 Å². The molecule has 0 aliphatic heterocycles. The van der Waals surface area contributed by atoms with Crippen molar-refractivity contribution < 1.29 is 0 Å². The van der Waals surface area contributed by atoms with E-state index in [0.717, 1.165) is 12.8 Å². The van der Waals surface area contributed by atoms with Gasteiger partial charge in [-0.05, 0) is 12.8 Å². The fourth-order valence-electron chi connectivity index (χ4n) is 1.94. The van der Waals surface area contributed by atoms with Gasteiger partial charge in [0.15, 0.2) is 0 Å². The Hall–Kier alpha value is -0.870. The Labute approximate surface area is 94.2 Å². The maximum Gasteiger partial charge on any atom is 0.149 e. The molecule has 2 rings (SSSR count). The minimum atomic E-state index is 0.208. The fraction of sp³-hybridized carbons (Fsp3) is 0.600. The van der Waals surface area contributed by atoms with E-state index < -0.39 is 0 Å². The van der Waals surface area contributed by atoms with Gasteiger partial charge in [0.2, 0.25) is 0 Å². The van der Waals surface area contributed by atoms with Crippen molar-refractivity contribution in [3.8, 4) is 0 Å². The van der Waals surface area contributed by atoms with E-state index in [0.29, 0.717) is 17.0 Å². The number of halogens is 1. The lowest BCUT2D eigenvalue weighted by Gasteiger charge is -2.29. The van der Waals surface area contributed by atoms with Gasteiger partial charge in [-0.2, -0.15) is 0 Å². The molecule has 1 fully saturated rings. The van der Waals surface area contributed by atoms with Crippen LogP contribution < -0.4 is 11.1 Å². The molecule has 1 saturated carbocycles. The van der Waals surface area contributed by atoms with Crippen molar-refractivity contribution in [2.45, 2.75) is 37.8 Å². The quantitative estimate of drug-likeness (QED) is 0.808. The van der Waals surface area contributed by atoms with Gasteiger partial charge in [0, 0.05) is 12.1 Å². The summed E-state index contributed by atoms with van der Waals surface area (Å²) < 4.78 is 0. The van der Waals surface area contributed by atoms with Crippen molar-refractivity contribution in [1.82, 2.24) is 9.97 Å². The molecular weight excluding hydrogens is 212 g/mol. The number of nitrogens with zero attached hydrogens (tertiary/aromatic N) is 2. The molecule has 1 aliphatic carbocycles. The highest BCUT2D eigenvalue weighted by Gasteiger charge is 2.21. The van der Waals surface area contributed by atoms with Crippen LogP contribution in [-0.4, -0.2) is 22.1 Å². The number of hydrogen-bond acceptors (Lipinski definition) is 4. The summed E-state index contributed by atoms with van der Waals surface area (Å²) in [5.41, 5.74) is 6.02. The fourth-order valence-corrected chi connectivity index (χ4v) is 2.09. The van der Waals surface area contributed by atoms with E-state index in [-0.39, 0.29) is 6.04 Å². The van der Waals surface area contributed by atoms with Gasteiger partial charge in [-0.15, -0.1) is 0 Å². The summed E-state index contributed by atoms with van der Waals surface area (Å²) >= 11 is 5.75. The predicted molar refractivity (Wildman–Crippen MR) is 60.9 cm³/mol. The molecule has 0 bridgehead atoms. The van der Waals surface area contributed by atoms with Crippen molar-refractivity contribution in [3.63, 3.8) is 0 Å². The highest BCUT2D eigenvalue weighted by molar-refractivity contribution is 6.29. The van der Waals surface area contributed by atoms with Gasteiger partial charge in [0.05, 0.1) is 12.4 Å². The third-order valence-electron chi connectivity index (χ3n) is 2.76. The van der Waals surface area contributed by atoms with Gasteiger partial charge in [-0.1, -0.05) is 24.4 Å². The lowest BCUT2D eigenvalue weighted by atomic mass is 9.91. The zero-order valence-electron chi connectivity index (χ0n) is 8.49. The Bertz CT molecular complexity index is 331. The van der Waals surface area contributed by atoms with E-state index in [2.05, 4.69) is 15.3 Å². The lowest BCUT2D eigenvalue weighted by Crippen LogP contribution is -2.42. The van der Waals surface area contributed by atoms with Crippen LogP contribution in [0.5, 0.6) is 0 Å². The van der Waals surface area contributed by atoms with Crippen molar-refractivity contribution in [3.05, 3.63) is 17.5 Å². The molecule has 82 valence electrons. The minimum Gasteiger partial charge on any atom is -0.364 e. The molecule has 15 heavy (non-hydrogen) atoms. The van der Waals surface area contributed by atoms with Crippen LogP contribution in [0, 0.1) is 0 Å². The molecule has 0 aromatic carbocycles. The van der Waals surface area contributed by atoms with E-state index in [1.54, 1.807) is 6.20 Å². The molecule has 2 atom stereocenters. The van der Waals surface area contributed by atoms with Crippen LogP contribution in [0.1, 0.15) is 25.7 Å². The topological polar surface area (TPSA) is 63.8 Å². The molecular formula is C10H15ClN4. The van der Waals surface area contributed by atoms with Crippen LogP contribution in [0.3, 0.4) is 0 Å². The minimum absolute atomic E-state index is 0.208. The smallest absolute Gasteiger partial charge is 0.149 e. The SMILES string of the molecule is N[C@@H]1CCCC[C@H]1Nc1cncc(Cl)n1. The molecule has 1 heterocycles. The normalized spacial score (nSPS) is 26.3. The first-order valence-corrected chi connectivity index (χ1v) is 5.63. The van der Waals surface area contributed by atoms with Crippen molar-refractivity contribution in [2.75, 3.05) is 5.32 Å². The maximum absolute atomic E-state index is 6.02. The second-order valence-electron chi connectivity index (χ2n) is 3.93. The van der Waals surface area contributed by atoms with Gasteiger partial charge in [-0.3, -0.25) is 4.98 Å². The number of rotatable bonds is 2. The van der Waals surface area contributed by atoms with Crippen molar-refractivity contribution >= 4 is 17.4 Å². The van der Waals surface area contributed by atoms with Gasteiger partial charge < -0.3 is 11.1 Å². The standard InChI is InChI=1S/C10H15ClN4/c11-9-5-13-6-10(15-9)14-8-4-2-1-3-7(8)12/h5-8H,1-4,12H2,(H,14,15)/t7-,8-/m1/s1. The van der Waals surface area contributed by atoms with Gasteiger partial charge in [0.25, 0.3) is 0 Å². The summed E-state index contributed by atoms with van der Waals surface area (Å²) in [6, 6.07) is 0.506. The number of hydrogen-bond donors (Lipinski definition) is 2. The summed E-state index contributed by atoms with van der Waals surface area (Å²) in [7, 11) is 0. The summed E-state index contributed by atoms with van der Waals surface area (Å²) in [5, 5.41) is 3.70. The van der Waals surface area contributed by atoms with Gasteiger partial charge >= 0.3 is 0 Å². The van der Waals surface area contributed by atoms with Crippen LogP contribution in [-0.2, 0) is 0 Å². The number of nitrogens with one attached hydrogen (secondary N) is 1. The molecule has 0 radical (unpaired) electrons. The van der Waals surface area contributed by atoms with Crippen LogP contribution in [0.25, 0.3) is 0 Å². The van der Waals surface area contributed by atoms with Crippen LogP contribution in [0.15, 0.2) is 12.4 Å². The molecule has 4 nitrogen and oxygen atoms in total. The maximum atomic E-state index is 6.02. The van der Waals surface area contributed by atoms with Gasteiger partial charge in [0.1, 0.15) is 11.0 Å². The monoisotopic (exact) mass is 226 g/mol. The predicted octanol–water partition coefficient (Wildman–Crippen LogP) is 1.81. The van der Waals surface area contributed by atoms with E-state index in [9.17, 15) is 0 Å². The van der Waals surface area contributed by atoms with Crippen LogP contribution >= 0.6 is 11.6 Å². The third-order valence-corrected chi connectivity index (χ3v) is 2.94. The summed E-state index contributed by atoms with van der Waals surface area (Å²) in [6.45, 7) is 0. The molecule has 5 heteroatoms. The summed E-state index contributed by atoms with van der Waals surface area (Å²) in [4.78, 5) is 8.11. The second-order valence-corrected chi connectivity index (χ2v) is 4.31. The Morgan fingerprint density at radius 2 is 2.13 bits per heavy atom. The third kappa shape index (κ3) is 2.79. The van der Waals surface area contributed by atoms with Crippen LogP contribution in [0.4, 0.5) is 5.82 Å². The highest BCUT2D eigenvalue weighted by atomic mass is 35.5. The first-order valence-electron chi connectivity index (χ1n) is 5.25. The summed E-state index contributed by atoms with van der Waals surface area (Å²) in [6.07, 6.45) is 7.81. The van der Waals surface area contributed by atoms with Crippen LogP contribution in [0.2, 0.25) is 5.15 Å². The molecule has 1 aromatic heterocycles. The number of anilines is 1. The lowest BCUT2D eigenvalue weighted by molar-refractivity contribution is 0.403. The molecule has 0 saturated heterocycles. The molecule has 0 amide bonds. The molecule has 0 unspecified atom stereocenters. The largest absolute Gasteiger partial charge is 0.364 e. The molecule has 3 N–H and O–H groups in total. The van der Waals surface area contributed by atoms with Gasteiger partial charge in [-0.25, -0.2) is 4.98 Å². The van der Waals surface area contributed by atoms with E-state index in [1.165, 1.54) is 19.0 Å². The molecule has 1 aliphatic rings. The Kier molecular flexibility index (Phi) is 3.38. The van der Waals surface area contributed by atoms with E-state index in [4.69, 9.17) is 17.3 Å². The first kappa shape index (κ1) is 10.6. The number of aromatic nitrogens is 2. The zero-order valence-corrected chi connectivity index (χ0v) is 9.24. The summed E-state index contributed by atoms with van der Waals surface area (Å²) in [5.74, 6) is 0.713. The highest BCUT2D eigenvalue weighted by Crippen LogP contribution is 2.20. The first-order chi connectivity index (χ1) is 7.25. The molecule has 0 spiro atoms. The van der Waals surface area contributed by atoms with Crippen molar-refractivity contribution in [2.24, 2.45) is 5.73 Å². The average molecular weight is 227 g/mol. The Morgan fingerprint density at radius 1 is 1.33 bits per heavy atom. The molecule has 1 aromatic rings. The number of nitrogens with two attached hydrogens (primary N) is 1.